The quantitative estimate of drug-likeness (QED) is 0.669. The molecule has 0 bridgehead atoms. The highest BCUT2D eigenvalue weighted by atomic mass is 35.5. The van der Waals surface area contributed by atoms with Crippen LogP contribution < -0.4 is 5.32 Å². The summed E-state index contributed by atoms with van der Waals surface area (Å²) in [6, 6.07) is 4.80. The van der Waals surface area contributed by atoms with Crippen LogP contribution in [0.4, 0.5) is 0 Å². The van der Waals surface area contributed by atoms with E-state index >= 15 is 0 Å². The van der Waals surface area contributed by atoms with E-state index < -0.39 is 10.0 Å². The van der Waals surface area contributed by atoms with Crippen LogP contribution in [0.1, 0.15) is 44.1 Å². The number of rotatable bonds is 6. The van der Waals surface area contributed by atoms with E-state index in [2.05, 4.69) is 11.4 Å². The van der Waals surface area contributed by atoms with Crippen molar-refractivity contribution < 1.29 is 13.2 Å². The summed E-state index contributed by atoms with van der Waals surface area (Å²) in [4.78, 5) is 12.6. The van der Waals surface area contributed by atoms with Gasteiger partial charge in [-0.15, -0.1) is 0 Å². The van der Waals surface area contributed by atoms with Crippen LogP contribution in [0, 0.1) is 5.92 Å². The average Bonchev–Trinajstić information content (AvgIpc) is 2.69. The highest BCUT2D eigenvalue weighted by Gasteiger charge is 2.32. The number of carbonyl (C=O) groups excluding carboxylic acids is 1. The molecule has 0 radical (unpaired) electrons. The van der Waals surface area contributed by atoms with E-state index in [9.17, 15) is 13.2 Å². The van der Waals surface area contributed by atoms with Crippen molar-refractivity contribution in [3.05, 3.63) is 45.5 Å². The molecule has 1 atom stereocenters. The molecule has 0 unspecified atom stereocenters. The van der Waals surface area contributed by atoms with Gasteiger partial charge in [-0.2, -0.15) is 0 Å². The first-order chi connectivity index (χ1) is 13.3. The van der Waals surface area contributed by atoms with Crippen molar-refractivity contribution in [2.45, 2.75) is 44.3 Å². The number of hydrogen-bond acceptors (Lipinski definition) is 3. The van der Waals surface area contributed by atoms with Gasteiger partial charge in [-0.3, -0.25) is 4.79 Å². The number of piperidine rings is 1. The Morgan fingerprint density at radius 2 is 2.04 bits per heavy atom. The van der Waals surface area contributed by atoms with Gasteiger partial charge in [0.2, 0.25) is 15.9 Å². The Morgan fingerprint density at radius 1 is 1.21 bits per heavy atom. The summed E-state index contributed by atoms with van der Waals surface area (Å²) in [5.41, 5.74) is 1.79. The molecule has 2 aliphatic rings. The van der Waals surface area contributed by atoms with E-state index in [1.54, 1.807) is 18.2 Å². The summed E-state index contributed by atoms with van der Waals surface area (Å²) in [5, 5.41) is 3.80. The third kappa shape index (κ3) is 5.72. The lowest BCUT2D eigenvalue weighted by atomic mass is 9.97. The van der Waals surface area contributed by atoms with Crippen molar-refractivity contribution in [2.24, 2.45) is 5.92 Å². The van der Waals surface area contributed by atoms with Gasteiger partial charge in [0.1, 0.15) is 0 Å². The lowest BCUT2D eigenvalue weighted by Gasteiger charge is -2.31. The molecule has 0 spiro atoms. The van der Waals surface area contributed by atoms with Gasteiger partial charge in [-0.25, -0.2) is 12.7 Å². The molecule has 1 aliphatic heterocycles. The van der Waals surface area contributed by atoms with Crippen LogP contribution in [0.25, 0.3) is 0 Å². The van der Waals surface area contributed by atoms with Crippen molar-refractivity contribution in [3.63, 3.8) is 0 Å². The minimum atomic E-state index is -3.56. The molecule has 1 saturated heterocycles. The summed E-state index contributed by atoms with van der Waals surface area (Å²) in [6.07, 6.45) is 8.08. The van der Waals surface area contributed by atoms with Crippen molar-refractivity contribution in [2.75, 3.05) is 19.6 Å². The molecule has 8 heteroatoms. The van der Waals surface area contributed by atoms with Gasteiger partial charge in [0.15, 0.2) is 0 Å². The average molecular weight is 445 g/mol. The van der Waals surface area contributed by atoms with E-state index in [4.69, 9.17) is 23.2 Å². The highest BCUT2D eigenvalue weighted by molar-refractivity contribution is 7.88. The fourth-order valence-electron chi connectivity index (χ4n) is 3.75. The summed E-state index contributed by atoms with van der Waals surface area (Å²) in [7, 11) is -3.56. The number of amides is 1. The zero-order valence-electron chi connectivity index (χ0n) is 15.8. The second-order valence-corrected chi connectivity index (χ2v) is 10.3. The number of sulfonamides is 1. The van der Waals surface area contributed by atoms with E-state index in [0.29, 0.717) is 41.5 Å². The molecule has 1 fully saturated rings. The zero-order valence-corrected chi connectivity index (χ0v) is 18.1. The van der Waals surface area contributed by atoms with Crippen LogP contribution in [0.2, 0.25) is 10.0 Å². The first-order valence-electron chi connectivity index (χ1n) is 9.72. The smallest absolute Gasteiger partial charge is 0.224 e. The normalized spacial score (nSPS) is 21.2. The number of allylic oxidation sites excluding steroid dienone is 1. The second kappa shape index (κ2) is 9.61. The van der Waals surface area contributed by atoms with Crippen molar-refractivity contribution >= 4 is 39.1 Å². The largest absolute Gasteiger partial charge is 0.352 e. The molecule has 1 aromatic carbocycles. The number of hydrogen-bond donors (Lipinski definition) is 1. The molecule has 1 aliphatic carbocycles. The van der Waals surface area contributed by atoms with Gasteiger partial charge >= 0.3 is 0 Å². The van der Waals surface area contributed by atoms with Crippen LogP contribution >= 0.6 is 23.2 Å². The summed E-state index contributed by atoms with van der Waals surface area (Å²) in [5.74, 6) is -0.561. The highest BCUT2D eigenvalue weighted by Crippen LogP contribution is 2.26. The van der Waals surface area contributed by atoms with Crippen molar-refractivity contribution in [1.82, 2.24) is 9.62 Å². The minimum absolute atomic E-state index is 0.0594. The number of nitrogens with one attached hydrogen (secondary N) is 1. The molecule has 1 N–H and O–H groups in total. The molecule has 154 valence electrons. The van der Waals surface area contributed by atoms with Crippen LogP contribution in [0.3, 0.4) is 0 Å². The zero-order chi connectivity index (χ0) is 20.1. The molecular weight excluding hydrogens is 419 g/mol. The van der Waals surface area contributed by atoms with E-state index in [-0.39, 0.29) is 24.1 Å². The molecule has 28 heavy (non-hydrogen) atoms. The second-order valence-electron chi connectivity index (χ2n) is 7.52. The third-order valence-corrected chi connectivity index (χ3v) is 7.76. The minimum Gasteiger partial charge on any atom is -0.352 e. The van der Waals surface area contributed by atoms with Gasteiger partial charge in [-0.1, -0.05) is 40.9 Å². The molecule has 0 aromatic heterocycles. The number of benzene rings is 1. The third-order valence-electron chi connectivity index (χ3n) is 5.38. The van der Waals surface area contributed by atoms with Crippen LogP contribution in [-0.4, -0.2) is 38.3 Å². The van der Waals surface area contributed by atoms with E-state index in [1.165, 1.54) is 22.7 Å². The predicted molar refractivity (Wildman–Crippen MR) is 113 cm³/mol. The van der Waals surface area contributed by atoms with Crippen LogP contribution in [0.15, 0.2) is 29.8 Å². The monoisotopic (exact) mass is 444 g/mol. The topological polar surface area (TPSA) is 66.5 Å². The van der Waals surface area contributed by atoms with Gasteiger partial charge in [0, 0.05) is 29.7 Å². The first kappa shape index (κ1) is 21.6. The van der Waals surface area contributed by atoms with Crippen molar-refractivity contribution in [1.29, 1.82) is 0 Å². The SMILES string of the molecule is O=C(NCC1=CCCCC1)[C@@H]1CCCN(S(=O)(=O)Cc2ccc(Cl)cc2Cl)C1. The Morgan fingerprint density at radius 3 is 2.75 bits per heavy atom. The lowest BCUT2D eigenvalue weighted by molar-refractivity contribution is -0.125. The van der Waals surface area contributed by atoms with Crippen LogP contribution in [0.5, 0.6) is 0 Å². The van der Waals surface area contributed by atoms with E-state index in [1.807, 2.05) is 0 Å². The Kier molecular flexibility index (Phi) is 7.42. The van der Waals surface area contributed by atoms with Crippen LogP contribution in [-0.2, 0) is 20.6 Å². The molecule has 5 nitrogen and oxygen atoms in total. The molecular formula is C20H26Cl2N2O3S. The standard InChI is InChI=1S/C20H26Cl2N2O3S/c21-18-9-8-17(19(22)11-18)14-28(26,27)24-10-4-7-16(13-24)20(25)23-12-15-5-2-1-3-6-15/h5,8-9,11,16H,1-4,6-7,10,12-14H2,(H,23,25)/t16-/m1/s1. The van der Waals surface area contributed by atoms with E-state index in [0.717, 1.165) is 12.8 Å². The maximum absolute atomic E-state index is 12.9. The Hall–Kier alpha value is -1.08. The maximum Gasteiger partial charge on any atom is 0.224 e. The molecule has 1 aromatic rings. The summed E-state index contributed by atoms with van der Waals surface area (Å²) >= 11 is 12.0. The number of carbonyl (C=O) groups is 1. The fourth-order valence-corrected chi connectivity index (χ4v) is 5.94. The van der Waals surface area contributed by atoms with Crippen molar-refractivity contribution in [3.8, 4) is 0 Å². The van der Waals surface area contributed by atoms with Gasteiger partial charge < -0.3 is 5.32 Å². The number of nitrogens with zero attached hydrogens (tertiary/aromatic N) is 1. The Balaban J connectivity index is 1.59. The maximum atomic E-state index is 12.9. The molecule has 1 amide bonds. The molecule has 1 heterocycles. The summed E-state index contributed by atoms with van der Waals surface area (Å²) < 4.78 is 27.1. The van der Waals surface area contributed by atoms with Gasteiger partial charge in [-0.05, 0) is 56.2 Å². The predicted octanol–water partition coefficient (Wildman–Crippen LogP) is 4.15. The number of halogens is 2. The Labute approximate surface area is 177 Å². The first-order valence-corrected chi connectivity index (χ1v) is 12.1. The molecule has 3 rings (SSSR count). The Bertz CT molecular complexity index is 855. The fraction of sp³-hybridized carbons (Fsp3) is 0.550. The van der Waals surface area contributed by atoms with Gasteiger partial charge in [0.25, 0.3) is 0 Å². The lowest BCUT2D eigenvalue weighted by Crippen LogP contribution is -2.46. The molecule has 0 saturated carbocycles. The van der Waals surface area contributed by atoms with Gasteiger partial charge in [0.05, 0.1) is 11.7 Å². The summed E-state index contributed by atoms with van der Waals surface area (Å²) in [6.45, 7) is 1.23.